The lowest BCUT2D eigenvalue weighted by Crippen LogP contribution is -2.07. The number of rotatable bonds is 7. The van der Waals surface area contributed by atoms with E-state index in [4.69, 9.17) is 15.2 Å². The van der Waals surface area contributed by atoms with E-state index in [0.717, 1.165) is 21.3 Å². The van der Waals surface area contributed by atoms with Gasteiger partial charge >= 0.3 is 0 Å². The second-order valence-corrected chi connectivity index (χ2v) is 5.20. The molecule has 106 valence electrons. The fourth-order valence-corrected chi connectivity index (χ4v) is 2.18. The molecule has 0 amide bonds. The minimum atomic E-state index is 0.524. The molecule has 0 unspecified atom stereocenters. The molecule has 2 rings (SSSR count). The van der Waals surface area contributed by atoms with Gasteiger partial charge in [-0.25, -0.2) is 0 Å². The van der Waals surface area contributed by atoms with E-state index in [2.05, 4.69) is 15.9 Å². The molecule has 0 aliphatic carbocycles. The Labute approximate surface area is 127 Å². The van der Waals surface area contributed by atoms with Crippen molar-refractivity contribution in [2.45, 2.75) is 13.2 Å². The van der Waals surface area contributed by atoms with Crippen molar-refractivity contribution in [1.29, 1.82) is 0 Å². The number of benzene rings is 2. The minimum Gasteiger partial charge on any atom is -0.491 e. The molecule has 0 spiro atoms. The summed E-state index contributed by atoms with van der Waals surface area (Å²) in [7, 11) is 0. The normalized spacial score (nSPS) is 10.5. The summed E-state index contributed by atoms with van der Waals surface area (Å²) in [5.74, 6) is 0.831. The van der Waals surface area contributed by atoms with Gasteiger partial charge in [0.15, 0.2) is 0 Å². The molecule has 2 aromatic rings. The largest absolute Gasteiger partial charge is 0.491 e. The molecule has 0 radical (unpaired) electrons. The van der Waals surface area contributed by atoms with Crippen molar-refractivity contribution in [2.75, 3.05) is 13.2 Å². The first-order chi connectivity index (χ1) is 9.79. The third-order valence-electron chi connectivity index (χ3n) is 2.85. The van der Waals surface area contributed by atoms with Crippen LogP contribution in [0.1, 0.15) is 11.1 Å². The summed E-state index contributed by atoms with van der Waals surface area (Å²) in [5.41, 5.74) is 7.79. The molecule has 0 saturated carbocycles. The van der Waals surface area contributed by atoms with Crippen LogP contribution < -0.4 is 10.5 Å². The fraction of sp³-hybridized carbons (Fsp3) is 0.250. The van der Waals surface area contributed by atoms with Crippen LogP contribution in [0.15, 0.2) is 53.0 Å². The first kappa shape index (κ1) is 15.0. The molecule has 0 aliphatic rings. The Kier molecular flexibility index (Phi) is 6.05. The average molecular weight is 336 g/mol. The third kappa shape index (κ3) is 4.63. The highest BCUT2D eigenvalue weighted by Gasteiger charge is 1.99. The van der Waals surface area contributed by atoms with Crippen molar-refractivity contribution in [3.05, 3.63) is 64.1 Å². The molecule has 20 heavy (non-hydrogen) atoms. The fourth-order valence-electron chi connectivity index (χ4n) is 1.78. The monoisotopic (exact) mass is 335 g/mol. The molecule has 3 nitrogen and oxygen atoms in total. The molecular weight excluding hydrogens is 318 g/mol. The second-order valence-electron chi connectivity index (χ2n) is 4.34. The van der Waals surface area contributed by atoms with Crippen LogP contribution in [0.2, 0.25) is 0 Å². The van der Waals surface area contributed by atoms with Crippen molar-refractivity contribution in [1.82, 2.24) is 0 Å². The summed E-state index contributed by atoms with van der Waals surface area (Å²) < 4.78 is 12.3. The van der Waals surface area contributed by atoms with Crippen molar-refractivity contribution in [2.24, 2.45) is 5.73 Å². The molecule has 0 fully saturated rings. The summed E-state index contributed by atoms with van der Waals surface area (Å²) in [6.45, 7) is 2.18. The van der Waals surface area contributed by atoms with Gasteiger partial charge in [-0.05, 0) is 29.3 Å². The van der Waals surface area contributed by atoms with E-state index in [-0.39, 0.29) is 0 Å². The zero-order valence-electron chi connectivity index (χ0n) is 11.2. The van der Waals surface area contributed by atoms with Crippen LogP contribution in [-0.2, 0) is 17.9 Å². The number of halogens is 1. The van der Waals surface area contributed by atoms with Crippen molar-refractivity contribution in [3.8, 4) is 5.75 Å². The third-order valence-corrected chi connectivity index (χ3v) is 3.62. The highest BCUT2D eigenvalue weighted by atomic mass is 79.9. The lowest BCUT2D eigenvalue weighted by molar-refractivity contribution is 0.0886. The standard InChI is InChI=1S/C16H18BrNO2/c17-16-7-2-1-5-14(16)12-19-8-9-20-15-6-3-4-13(10-15)11-18/h1-7,10H,8-9,11-12,18H2. The molecule has 4 heteroatoms. The van der Waals surface area contributed by atoms with E-state index in [0.29, 0.717) is 26.4 Å². The van der Waals surface area contributed by atoms with Gasteiger partial charge in [0.05, 0.1) is 13.2 Å². The SMILES string of the molecule is NCc1cccc(OCCOCc2ccccc2Br)c1. The van der Waals surface area contributed by atoms with Gasteiger partial charge < -0.3 is 15.2 Å². The first-order valence-corrected chi connectivity index (χ1v) is 7.32. The van der Waals surface area contributed by atoms with E-state index in [1.54, 1.807) is 0 Å². The average Bonchev–Trinajstić information content (AvgIpc) is 2.49. The Balaban J connectivity index is 1.70. The van der Waals surface area contributed by atoms with Gasteiger partial charge in [-0.1, -0.05) is 46.3 Å². The topological polar surface area (TPSA) is 44.5 Å². The van der Waals surface area contributed by atoms with Gasteiger partial charge in [-0.3, -0.25) is 0 Å². The number of hydrogen-bond acceptors (Lipinski definition) is 3. The van der Waals surface area contributed by atoms with E-state index in [1.165, 1.54) is 0 Å². The summed E-state index contributed by atoms with van der Waals surface area (Å²) >= 11 is 3.49. The molecule has 0 aromatic heterocycles. The van der Waals surface area contributed by atoms with Crippen LogP contribution in [0.5, 0.6) is 5.75 Å². The molecule has 0 aliphatic heterocycles. The Morgan fingerprint density at radius 2 is 1.85 bits per heavy atom. The Hall–Kier alpha value is -1.36. The van der Waals surface area contributed by atoms with Crippen LogP contribution in [0.3, 0.4) is 0 Å². The molecule has 0 heterocycles. The maximum Gasteiger partial charge on any atom is 0.119 e. The van der Waals surface area contributed by atoms with Crippen LogP contribution in [0.4, 0.5) is 0 Å². The molecule has 2 aromatic carbocycles. The molecule has 0 atom stereocenters. The lowest BCUT2D eigenvalue weighted by Gasteiger charge is -2.09. The molecular formula is C16H18BrNO2. The van der Waals surface area contributed by atoms with E-state index in [1.807, 2.05) is 48.5 Å². The van der Waals surface area contributed by atoms with E-state index < -0.39 is 0 Å². The lowest BCUT2D eigenvalue weighted by atomic mass is 10.2. The summed E-state index contributed by atoms with van der Waals surface area (Å²) in [6.07, 6.45) is 0. The molecule has 2 N–H and O–H groups in total. The number of ether oxygens (including phenoxy) is 2. The van der Waals surface area contributed by atoms with Gasteiger partial charge in [0.1, 0.15) is 12.4 Å². The van der Waals surface area contributed by atoms with Gasteiger partial charge in [0.2, 0.25) is 0 Å². The smallest absolute Gasteiger partial charge is 0.119 e. The van der Waals surface area contributed by atoms with Crippen LogP contribution in [0, 0.1) is 0 Å². The zero-order valence-corrected chi connectivity index (χ0v) is 12.8. The zero-order chi connectivity index (χ0) is 14.2. The Morgan fingerprint density at radius 3 is 2.65 bits per heavy atom. The van der Waals surface area contributed by atoms with Crippen molar-refractivity contribution in [3.63, 3.8) is 0 Å². The van der Waals surface area contributed by atoms with Crippen LogP contribution in [-0.4, -0.2) is 13.2 Å². The number of hydrogen-bond donors (Lipinski definition) is 1. The molecule has 0 bridgehead atoms. The quantitative estimate of drug-likeness (QED) is 0.787. The van der Waals surface area contributed by atoms with E-state index >= 15 is 0 Å². The highest BCUT2D eigenvalue weighted by molar-refractivity contribution is 9.10. The summed E-state index contributed by atoms with van der Waals surface area (Å²) in [5, 5.41) is 0. The predicted octanol–water partition coefficient (Wildman–Crippen LogP) is 3.50. The Bertz CT molecular complexity index is 546. The van der Waals surface area contributed by atoms with Gasteiger partial charge in [0, 0.05) is 11.0 Å². The highest BCUT2D eigenvalue weighted by Crippen LogP contribution is 2.16. The predicted molar refractivity (Wildman–Crippen MR) is 83.6 cm³/mol. The summed E-state index contributed by atoms with van der Waals surface area (Å²) in [6, 6.07) is 15.8. The van der Waals surface area contributed by atoms with Gasteiger partial charge in [0.25, 0.3) is 0 Å². The van der Waals surface area contributed by atoms with Crippen LogP contribution >= 0.6 is 15.9 Å². The van der Waals surface area contributed by atoms with Crippen LogP contribution in [0.25, 0.3) is 0 Å². The Morgan fingerprint density at radius 1 is 1.00 bits per heavy atom. The first-order valence-electron chi connectivity index (χ1n) is 6.52. The minimum absolute atomic E-state index is 0.524. The van der Waals surface area contributed by atoms with Gasteiger partial charge in [-0.2, -0.15) is 0 Å². The van der Waals surface area contributed by atoms with Crippen molar-refractivity contribution < 1.29 is 9.47 Å². The summed E-state index contributed by atoms with van der Waals surface area (Å²) in [4.78, 5) is 0. The maximum atomic E-state index is 5.62. The second kappa shape index (κ2) is 8.04. The number of nitrogens with two attached hydrogens (primary N) is 1. The van der Waals surface area contributed by atoms with Gasteiger partial charge in [-0.15, -0.1) is 0 Å². The van der Waals surface area contributed by atoms with E-state index in [9.17, 15) is 0 Å². The van der Waals surface area contributed by atoms with Crippen molar-refractivity contribution >= 4 is 15.9 Å². The molecule has 0 saturated heterocycles. The maximum absolute atomic E-state index is 5.62.